The fourth-order valence-electron chi connectivity index (χ4n) is 2.68. The second-order valence-corrected chi connectivity index (χ2v) is 7.42. The van der Waals surface area contributed by atoms with Crippen LogP contribution in [-0.4, -0.2) is 26.6 Å². The van der Waals surface area contributed by atoms with Gasteiger partial charge in [-0.1, -0.05) is 18.2 Å². The molecule has 0 aliphatic rings. The Morgan fingerprint density at radius 1 is 1.19 bits per heavy atom. The number of hydrogen-bond acceptors (Lipinski definition) is 5. The summed E-state index contributed by atoms with van der Waals surface area (Å²) in [6.45, 7) is 0.367. The quantitative estimate of drug-likeness (QED) is 0.494. The number of thiophene rings is 1. The molecule has 1 amide bonds. The summed E-state index contributed by atoms with van der Waals surface area (Å²) in [5.41, 5.74) is 3.70. The summed E-state index contributed by atoms with van der Waals surface area (Å²) < 4.78 is 0. The topological polar surface area (TPSA) is 70.7 Å². The van der Waals surface area contributed by atoms with E-state index in [4.69, 9.17) is 0 Å². The van der Waals surface area contributed by atoms with E-state index in [9.17, 15) is 4.79 Å². The Hall–Kier alpha value is -2.64. The van der Waals surface area contributed by atoms with Crippen molar-refractivity contribution in [1.82, 2.24) is 20.3 Å². The SMILES string of the molecule is O=C(CSc1c[nH]c2ccccc12)NCc1nccnc1-c1ccsc1. The number of aromatic amines is 1. The minimum atomic E-state index is -0.0257. The molecule has 5 nitrogen and oxygen atoms in total. The van der Waals surface area contributed by atoms with Crippen LogP contribution in [0.2, 0.25) is 0 Å². The summed E-state index contributed by atoms with van der Waals surface area (Å²) >= 11 is 3.14. The molecule has 0 radical (unpaired) electrons. The van der Waals surface area contributed by atoms with E-state index in [0.717, 1.165) is 32.7 Å². The third kappa shape index (κ3) is 3.63. The van der Waals surface area contributed by atoms with Crippen molar-refractivity contribution in [3.05, 3.63) is 65.4 Å². The molecular weight excluding hydrogens is 364 g/mol. The molecule has 4 rings (SSSR count). The first-order chi connectivity index (χ1) is 12.8. The molecule has 3 heterocycles. The number of amides is 1. The van der Waals surface area contributed by atoms with Crippen LogP contribution in [0.3, 0.4) is 0 Å². The van der Waals surface area contributed by atoms with E-state index in [1.165, 1.54) is 11.8 Å². The van der Waals surface area contributed by atoms with Crippen LogP contribution in [0.1, 0.15) is 5.69 Å². The Bertz CT molecular complexity index is 1030. The molecule has 26 heavy (non-hydrogen) atoms. The summed E-state index contributed by atoms with van der Waals surface area (Å²) in [5, 5.41) is 8.11. The first kappa shape index (κ1) is 16.8. The summed E-state index contributed by atoms with van der Waals surface area (Å²) in [7, 11) is 0. The van der Waals surface area contributed by atoms with Crippen molar-refractivity contribution >= 4 is 39.9 Å². The number of thioether (sulfide) groups is 1. The van der Waals surface area contributed by atoms with E-state index in [2.05, 4.69) is 26.3 Å². The van der Waals surface area contributed by atoms with E-state index in [1.54, 1.807) is 23.7 Å². The number of aromatic nitrogens is 3. The fourth-order valence-corrected chi connectivity index (χ4v) is 4.18. The lowest BCUT2D eigenvalue weighted by molar-refractivity contribution is -0.118. The van der Waals surface area contributed by atoms with Gasteiger partial charge in [0.15, 0.2) is 0 Å². The normalized spacial score (nSPS) is 10.9. The Kier molecular flexibility index (Phi) is 4.99. The lowest BCUT2D eigenvalue weighted by atomic mass is 10.2. The first-order valence-corrected chi connectivity index (χ1v) is 10.0. The predicted molar refractivity (Wildman–Crippen MR) is 106 cm³/mol. The maximum Gasteiger partial charge on any atom is 0.230 e. The number of benzene rings is 1. The molecule has 0 fully saturated rings. The van der Waals surface area contributed by atoms with Crippen molar-refractivity contribution < 1.29 is 4.79 Å². The highest BCUT2D eigenvalue weighted by atomic mass is 32.2. The molecule has 7 heteroatoms. The number of H-pyrrole nitrogens is 1. The summed E-state index contributed by atoms with van der Waals surface area (Å²) in [6, 6.07) is 10.1. The molecule has 1 aromatic carbocycles. The van der Waals surface area contributed by atoms with Crippen LogP contribution < -0.4 is 5.32 Å². The van der Waals surface area contributed by atoms with Gasteiger partial charge in [0.1, 0.15) is 0 Å². The van der Waals surface area contributed by atoms with Gasteiger partial charge in [-0.05, 0) is 17.5 Å². The molecule has 0 atom stereocenters. The number of nitrogens with one attached hydrogen (secondary N) is 2. The molecule has 4 aromatic rings. The number of para-hydroxylation sites is 1. The van der Waals surface area contributed by atoms with Gasteiger partial charge in [0.25, 0.3) is 0 Å². The maximum absolute atomic E-state index is 12.3. The van der Waals surface area contributed by atoms with Crippen LogP contribution in [0.5, 0.6) is 0 Å². The molecular formula is C19H16N4OS2. The lowest BCUT2D eigenvalue weighted by Gasteiger charge is -2.08. The monoisotopic (exact) mass is 380 g/mol. The Labute approximate surface area is 158 Å². The minimum absolute atomic E-state index is 0.0257. The van der Waals surface area contributed by atoms with E-state index in [1.807, 2.05) is 41.2 Å². The molecule has 3 aromatic heterocycles. The zero-order valence-corrected chi connectivity index (χ0v) is 15.4. The molecule has 130 valence electrons. The highest BCUT2D eigenvalue weighted by Crippen LogP contribution is 2.27. The number of fused-ring (bicyclic) bond motifs is 1. The zero-order valence-electron chi connectivity index (χ0n) is 13.8. The predicted octanol–water partition coefficient (Wildman–Crippen LogP) is 4.09. The number of hydrogen-bond donors (Lipinski definition) is 2. The minimum Gasteiger partial charge on any atom is -0.360 e. The van der Waals surface area contributed by atoms with Gasteiger partial charge in [-0.15, -0.1) is 11.8 Å². The second kappa shape index (κ2) is 7.72. The fraction of sp³-hybridized carbons (Fsp3) is 0.105. The van der Waals surface area contributed by atoms with E-state index in [0.29, 0.717) is 12.3 Å². The van der Waals surface area contributed by atoms with Gasteiger partial charge in [0.05, 0.1) is 23.7 Å². The summed E-state index contributed by atoms with van der Waals surface area (Å²) in [6.07, 6.45) is 5.27. The van der Waals surface area contributed by atoms with Gasteiger partial charge in [0, 0.05) is 45.3 Å². The van der Waals surface area contributed by atoms with E-state index >= 15 is 0 Å². The van der Waals surface area contributed by atoms with Gasteiger partial charge in [-0.2, -0.15) is 11.3 Å². The van der Waals surface area contributed by atoms with Crippen LogP contribution in [0, 0.1) is 0 Å². The lowest BCUT2D eigenvalue weighted by Crippen LogP contribution is -2.25. The van der Waals surface area contributed by atoms with Gasteiger partial charge in [0.2, 0.25) is 5.91 Å². The Morgan fingerprint density at radius 2 is 2.08 bits per heavy atom. The van der Waals surface area contributed by atoms with Crippen molar-refractivity contribution in [2.45, 2.75) is 11.4 Å². The van der Waals surface area contributed by atoms with E-state index < -0.39 is 0 Å². The number of rotatable bonds is 6. The third-order valence-electron chi connectivity index (χ3n) is 3.93. The number of carbonyl (C=O) groups excluding carboxylic acids is 1. The molecule has 0 aliphatic heterocycles. The van der Waals surface area contributed by atoms with Crippen molar-refractivity contribution in [1.29, 1.82) is 0 Å². The van der Waals surface area contributed by atoms with Gasteiger partial charge >= 0.3 is 0 Å². The molecule has 0 saturated carbocycles. The zero-order chi connectivity index (χ0) is 17.8. The van der Waals surface area contributed by atoms with Crippen molar-refractivity contribution in [2.24, 2.45) is 0 Å². The van der Waals surface area contributed by atoms with Crippen molar-refractivity contribution in [2.75, 3.05) is 5.75 Å². The summed E-state index contributed by atoms with van der Waals surface area (Å²) in [5.74, 6) is 0.331. The average molecular weight is 380 g/mol. The standard InChI is InChI=1S/C19H16N4OS2/c24-18(12-26-17-10-22-15-4-2-1-3-14(15)17)23-9-16-19(21-7-6-20-16)13-5-8-25-11-13/h1-8,10-11,22H,9,12H2,(H,23,24). The Balaban J connectivity index is 1.38. The molecule has 2 N–H and O–H groups in total. The largest absolute Gasteiger partial charge is 0.360 e. The molecule has 0 aliphatic carbocycles. The third-order valence-corrected chi connectivity index (χ3v) is 5.67. The van der Waals surface area contributed by atoms with Gasteiger partial charge < -0.3 is 10.3 Å². The van der Waals surface area contributed by atoms with Crippen LogP contribution >= 0.6 is 23.1 Å². The average Bonchev–Trinajstić information content (AvgIpc) is 3.35. The van der Waals surface area contributed by atoms with Crippen molar-refractivity contribution in [3.63, 3.8) is 0 Å². The number of carbonyl (C=O) groups is 1. The van der Waals surface area contributed by atoms with Crippen LogP contribution in [0.15, 0.2) is 64.6 Å². The maximum atomic E-state index is 12.3. The Morgan fingerprint density at radius 3 is 2.96 bits per heavy atom. The molecule has 0 saturated heterocycles. The molecule has 0 spiro atoms. The summed E-state index contributed by atoms with van der Waals surface area (Å²) in [4.78, 5) is 25.3. The molecule has 0 bridgehead atoms. The second-order valence-electron chi connectivity index (χ2n) is 5.63. The van der Waals surface area contributed by atoms with Gasteiger partial charge in [-0.25, -0.2) is 0 Å². The smallest absolute Gasteiger partial charge is 0.230 e. The number of nitrogens with zero attached hydrogens (tertiary/aromatic N) is 2. The van der Waals surface area contributed by atoms with Crippen LogP contribution in [0.25, 0.3) is 22.2 Å². The van der Waals surface area contributed by atoms with Crippen molar-refractivity contribution in [3.8, 4) is 11.3 Å². The highest BCUT2D eigenvalue weighted by molar-refractivity contribution is 8.00. The van der Waals surface area contributed by atoms with Crippen LogP contribution in [-0.2, 0) is 11.3 Å². The first-order valence-electron chi connectivity index (χ1n) is 8.09. The van der Waals surface area contributed by atoms with E-state index in [-0.39, 0.29) is 5.91 Å². The van der Waals surface area contributed by atoms with Crippen LogP contribution in [0.4, 0.5) is 0 Å². The highest BCUT2D eigenvalue weighted by Gasteiger charge is 2.11. The molecule has 0 unspecified atom stereocenters. The van der Waals surface area contributed by atoms with Gasteiger partial charge in [-0.3, -0.25) is 14.8 Å².